The summed E-state index contributed by atoms with van der Waals surface area (Å²) in [6, 6.07) is 13.6. The van der Waals surface area contributed by atoms with Gasteiger partial charge in [0.2, 0.25) is 0 Å². The van der Waals surface area contributed by atoms with E-state index < -0.39 is 0 Å². The predicted octanol–water partition coefficient (Wildman–Crippen LogP) is 5.85. The summed E-state index contributed by atoms with van der Waals surface area (Å²) < 4.78 is 0. The Labute approximate surface area is 121 Å². The first-order chi connectivity index (χ1) is 9.67. The van der Waals surface area contributed by atoms with Gasteiger partial charge in [-0.2, -0.15) is 0 Å². The molecule has 0 atom stereocenters. The molecule has 0 aromatic heterocycles. The van der Waals surface area contributed by atoms with Crippen LogP contribution >= 0.6 is 0 Å². The van der Waals surface area contributed by atoms with Crippen molar-refractivity contribution < 1.29 is 0 Å². The summed E-state index contributed by atoms with van der Waals surface area (Å²) in [5.74, 6) is 0. The topological polar surface area (TPSA) is 0 Å². The third kappa shape index (κ3) is 1.67. The SMILES string of the molecule is CC1(C)CC2=C(CCCC2)c2ccc3ccccc3c21. The lowest BCUT2D eigenvalue weighted by molar-refractivity contribution is 0.493. The van der Waals surface area contributed by atoms with Crippen LogP contribution in [-0.2, 0) is 5.41 Å². The van der Waals surface area contributed by atoms with E-state index in [1.807, 2.05) is 0 Å². The van der Waals surface area contributed by atoms with Crippen molar-refractivity contribution in [3.8, 4) is 0 Å². The minimum atomic E-state index is 0.270. The summed E-state index contributed by atoms with van der Waals surface area (Å²) in [4.78, 5) is 0. The van der Waals surface area contributed by atoms with E-state index in [0.717, 1.165) is 0 Å². The molecule has 0 nitrogen and oxygen atoms in total. The molecule has 2 aliphatic rings. The quantitative estimate of drug-likeness (QED) is 0.558. The Balaban J connectivity index is 2.07. The van der Waals surface area contributed by atoms with Crippen molar-refractivity contribution in [2.75, 3.05) is 0 Å². The van der Waals surface area contributed by atoms with E-state index in [-0.39, 0.29) is 5.41 Å². The molecule has 0 aliphatic heterocycles. The van der Waals surface area contributed by atoms with Gasteiger partial charge < -0.3 is 0 Å². The van der Waals surface area contributed by atoms with Gasteiger partial charge in [-0.3, -0.25) is 0 Å². The summed E-state index contributed by atoms with van der Waals surface area (Å²) in [6.07, 6.45) is 6.62. The van der Waals surface area contributed by atoms with Crippen molar-refractivity contribution in [1.29, 1.82) is 0 Å². The maximum atomic E-state index is 2.43. The lowest BCUT2D eigenvalue weighted by Crippen LogP contribution is -2.26. The molecule has 2 aromatic rings. The minimum Gasteiger partial charge on any atom is -0.0655 e. The summed E-state index contributed by atoms with van der Waals surface area (Å²) in [5, 5.41) is 2.85. The van der Waals surface area contributed by atoms with E-state index in [1.54, 1.807) is 22.3 Å². The second-order valence-corrected chi connectivity index (χ2v) is 7.06. The molecule has 102 valence electrons. The molecular weight excluding hydrogens is 240 g/mol. The third-order valence-electron chi connectivity index (χ3n) is 5.17. The molecule has 0 spiro atoms. The van der Waals surface area contributed by atoms with E-state index in [4.69, 9.17) is 0 Å². The number of hydrogen-bond donors (Lipinski definition) is 0. The number of fused-ring (bicyclic) bond motifs is 4. The van der Waals surface area contributed by atoms with E-state index in [0.29, 0.717) is 0 Å². The maximum absolute atomic E-state index is 2.43. The summed E-state index contributed by atoms with van der Waals surface area (Å²) >= 11 is 0. The maximum Gasteiger partial charge on any atom is -0.00540 e. The summed E-state index contributed by atoms with van der Waals surface area (Å²) in [7, 11) is 0. The average molecular weight is 262 g/mol. The fraction of sp³-hybridized carbons (Fsp3) is 0.400. The average Bonchev–Trinajstić information content (AvgIpc) is 2.46. The highest BCUT2D eigenvalue weighted by molar-refractivity contribution is 5.93. The van der Waals surface area contributed by atoms with Crippen LogP contribution in [0.2, 0.25) is 0 Å². The second-order valence-electron chi connectivity index (χ2n) is 7.06. The van der Waals surface area contributed by atoms with Gasteiger partial charge in [0.05, 0.1) is 0 Å². The molecule has 20 heavy (non-hydrogen) atoms. The molecule has 2 aromatic carbocycles. The molecular formula is C20H22. The molecule has 0 heterocycles. The highest BCUT2D eigenvalue weighted by atomic mass is 14.4. The Hall–Kier alpha value is -1.56. The zero-order valence-electron chi connectivity index (χ0n) is 12.5. The van der Waals surface area contributed by atoms with Crippen molar-refractivity contribution in [2.45, 2.75) is 51.4 Å². The number of allylic oxidation sites excluding steroid dienone is 2. The van der Waals surface area contributed by atoms with Crippen LogP contribution in [0, 0.1) is 0 Å². The van der Waals surface area contributed by atoms with Crippen molar-refractivity contribution in [2.24, 2.45) is 0 Å². The first kappa shape index (κ1) is 12.2. The molecule has 4 rings (SSSR count). The highest BCUT2D eigenvalue weighted by Crippen LogP contribution is 2.49. The van der Waals surface area contributed by atoms with Crippen molar-refractivity contribution in [1.82, 2.24) is 0 Å². The van der Waals surface area contributed by atoms with Crippen molar-refractivity contribution in [3.63, 3.8) is 0 Å². The van der Waals surface area contributed by atoms with Gasteiger partial charge in [-0.05, 0) is 65.0 Å². The zero-order chi connectivity index (χ0) is 13.7. The van der Waals surface area contributed by atoms with E-state index in [2.05, 4.69) is 50.2 Å². The number of hydrogen-bond acceptors (Lipinski definition) is 0. The van der Waals surface area contributed by atoms with Crippen LogP contribution < -0.4 is 0 Å². The van der Waals surface area contributed by atoms with Crippen LogP contribution in [0.15, 0.2) is 42.0 Å². The lowest BCUT2D eigenvalue weighted by Gasteiger charge is -2.38. The monoisotopic (exact) mass is 262 g/mol. The first-order valence-electron chi connectivity index (χ1n) is 7.90. The number of rotatable bonds is 0. The zero-order valence-corrected chi connectivity index (χ0v) is 12.5. The fourth-order valence-electron chi connectivity index (χ4n) is 4.36. The van der Waals surface area contributed by atoms with Crippen LogP contribution in [0.25, 0.3) is 16.3 Å². The second kappa shape index (κ2) is 4.22. The van der Waals surface area contributed by atoms with E-state index in [1.165, 1.54) is 42.9 Å². The molecule has 0 saturated heterocycles. The van der Waals surface area contributed by atoms with Gasteiger partial charge in [0.1, 0.15) is 0 Å². The van der Waals surface area contributed by atoms with E-state index in [9.17, 15) is 0 Å². The Kier molecular flexibility index (Phi) is 2.57. The lowest BCUT2D eigenvalue weighted by atomic mass is 9.66. The van der Waals surface area contributed by atoms with Gasteiger partial charge in [0.25, 0.3) is 0 Å². The van der Waals surface area contributed by atoms with Crippen LogP contribution in [0.4, 0.5) is 0 Å². The summed E-state index contributed by atoms with van der Waals surface area (Å²) in [6.45, 7) is 4.85. The fourth-order valence-corrected chi connectivity index (χ4v) is 4.36. The third-order valence-corrected chi connectivity index (χ3v) is 5.17. The van der Waals surface area contributed by atoms with Crippen molar-refractivity contribution in [3.05, 3.63) is 53.1 Å². The van der Waals surface area contributed by atoms with E-state index >= 15 is 0 Å². The number of benzene rings is 2. The van der Waals surface area contributed by atoms with Crippen molar-refractivity contribution >= 4 is 16.3 Å². The molecule has 0 N–H and O–H groups in total. The Morgan fingerprint density at radius 2 is 1.70 bits per heavy atom. The van der Waals surface area contributed by atoms with Gasteiger partial charge in [0, 0.05) is 0 Å². The first-order valence-corrected chi connectivity index (χ1v) is 7.90. The van der Waals surface area contributed by atoms with Gasteiger partial charge >= 0.3 is 0 Å². The van der Waals surface area contributed by atoms with Crippen LogP contribution in [0.1, 0.15) is 57.1 Å². The van der Waals surface area contributed by atoms with Crippen LogP contribution in [0.5, 0.6) is 0 Å². The Bertz CT molecular complexity index is 716. The Morgan fingerprint density at radius 1 is 0.900 bits per heavy atom. The summed E-state index contributed by atoms with van der Waals surface area (Å²) in [5.41, 5.74) is 6.83. The smallest absolute Gasteiger partial charge is 0.00540 e. The molecule has 2 aliphatic carbocycles. The normalized spacial score (nSPS) is 20.7. The minimum absolute atomic E-state index is 0.270. The van der Waals surface area contributed by atoms with Gasteiger partial charge in [-0.25, -0.2) is 0 Å². The molecule has 0 unspecified atom stereocenters. The molecule has 0 fully saturated rings. The molecule has 0 saturated carbocycles. The van der Waals surface area contributed by atoms with Gasteiger partial charge in [-0.15, -0.1) is 0 Å². The largest absolute Gasteiger partial charge is 0.0655 e. The van der Waals surface area contributed by atoms with Crippen LogP contribution in [0.3, 0.4) is 0 Å². The Morgan fingerprint density at radius 3 is 2.60 bits per heavy atom. The van der Waals surface area contributed by atoms with Gasteiger partial charge in [0.15, 0.2) is 0 Å². The highest BCUT2D eigenvalue weighted by Gasteiger charge is 2.34. The molecule has 0 amide bonds. The molecule has 0 heteroatoms. The standard InChI is InChI=1S/C20H22/c1-20(2)13-15-8-4-5-9-16(15)18-12-11-14-7-3-6-10-17(14)19(18)20/h3,6-7,10-12H,4-5,8-9,13H2,1-2H3. The van der Waals surface area contributed by atoms with Gasteiger partial charge in [-0.1, -0.05) is 55.8 Å². The molecule has 0 radical (unpaired) electrons. The van der Waals surface area contributed by atoms with Crippen LogP contribution in [-0.4, -0.2) is 0 Å². The predicted molar refractivity (Wildman–Crippen MR) is 87.0 cm³/mol. The molecule has 0 bridgehead atoms.